The number of ether oxygens (including phenoxy) is 1. The SMILES string of the molecule is Cc1cc(C2CN(C(=O)OC(C)(C)C)C2)c2ccccc2n1. The van der Waals surface area contributed by atoms with Crippen LogP contribution < -0.4 is 0 Å². The lowest BCUT2D eigenvalue weighted by molar-refractivity contribution is 0.00830. The van der Waals surface area contributed by atoms with Gasteiger partial charge in [-0.15, -0.1) is 0 Å². The van der Waals surface area contributed by atoms with Gasteiger partial charge in [0, 0.05) is 30.1 Å². The highest BCUT2D eigenvalue weighted by Gasteiger charge is 2.35. The third kappa shape index (κ3) is 2.91. The number of benzene rings is 1. The Morgan fingerprint density at radius 1 is 1.27 bits per heavy atom. The van der Waals surface area contributed by atoms with Crippen molar-refractivity contribution in [3.63, 3.8) is 0 Å². The predicted molar refractivity (Wildman–Crippen MR) is 87.0 cm³/mol. The zero-order valence-electron chi connectivity index (χ0n) is 13.6. The number of carbonyl (C=O) groups is 1. The Balaban J connectivity index is 1.77. The molecule has 1 aliphatic heterocycles. The van der Waals surface area contributed by atoms with Gasteiger partial charge in [0.05, 0.1) is 5.52 Å². The lowest BCUT2D eigenvalue weighted by atomic mass is 9.89. The number of para-hydroxylation sites is 1. The summed E-state index contributed by atoms with van der Waals surface area (Å²) in [5.41, 5.74) is 2.88. The van der Waals surface area contributed by atoms with E-state index in [1.165, 1.54) is 10.9 Å². The number of aryl methyl sites for hydroxylation is 1. The molecule has 22 heavy (non-hydrogen) atoms. The van der Waals surface area contributed by atoms with Gasteiger partial charge in [-0.25, -0.2) is 4.79 Å². The minimum absolute atomic E-state index is 0.223. The molecule has 0 saturated carbocycles. The van der Waals surface area contributed by atoms with E-state index in [2.05, 4.69) is 17.1 Å². The van der Waals surface area contributed by atoms with E-state index < -0.39 is 5.60 Å². The summed E-state index contributed by atoms with van der Waals surface area (Å²) in [6.45, 7) is 9.11. The fourth-order valence-corrected chi connectivity index (χ4v) is 2.83. The first-order chi connectivity index (χ1) is 10.3. The Morgan fingerprint density at radius 3 is 2.64 bits per heavy atom. The predicted octanol–water partition coefficient (Wildman–Crippen LogP) is 3.88. The summed E-state index contributed by atoms with van der Waals surface area (Å²) in [4.78, 5) is 18.4. The van der Waals surface area contributed by atoms with Crippen LogP contribution in [-0.4, -0.2) is 34.7 Å². The molecule has 0 atom stereocenters. The summed E-state index contributed by atoms with van der Waals surface area (Å²) in [6.07, 6.45) is -0.223. The number of likely N-dealkylation sites (tertiary alicyclic amines) is 1. The van der Waals surface area contributed by atoms with E-state index in [-0.39, 0.29) is 6.09 Å². The highest BCUT2D eigenvalue weighted by Crippen LogP contribution is 2.33. The number of hydrogen-bond donors (Lipinski definition) is 0. The van der Waals surface area contributed by atoms with Gasteiger partial charge in [0.2, 0.25) is 0 Å². The van der Waals surface area contributed by atoms with E-state index in [9.17, 15) is 4.79 Å². The molecule has 1 aromatic heterocycles. The van der Waals surface area contributed by atoms with Crippen molar-refractivity contribution in [2.45, 2.75) is 39.2 Å². The smallest absolute Gasteiger partial charge is 0.410 e. The first kappa shape index (κ1) is 14.8. The van der Waals surface area contributed by atoms with Crippen LogP contribution in [0.3, 0.4) is 0 Å². The Kier molecular flexibility index (Phi) is 3.55. The average molecular weight is 298 g/mol. The second kappa shape index (κ2) is 5.27. The Bertz CT molecular complexity index is 713. The number of pyridine rings is 1. The van der Waals surface area contributed by atoms with Gasteiger partial charge in [-0.05, 0) is 45.4 Å². The molecular formula is C18H22N2O2. The van der Waals surface area contributed by atoms with Crippen molar-refractivity contribution in [1.82, 2.24) is 9.88 Å². The molecule has 1 aromatic carbocycles. The summed E-state index contributed by atoms with van der Waals surface area (Å²) < 4.78 is 5.41. The van der Waals surface area contributed by atoms with E-state index in [0.29, 0.717) is 19.0 Å². The van der Waals surface area contributed by atoms with Crippen molar-refractivity contribution in [2.75, 3.05) is 13.1 Å². The molecular weight excluding hydrogens is 276 g/mol. The van der Waals surface area contributed by atoms with Gasteiger partial charge in [0.1, 0.15) is 5.60 Å². The van der Waals surface area contributed by atoms with Crippen molar-refractivity contribution in [1.29, 1.82) is 0 Å². The quantitative estimate of drug-likeness (QED) is 0.802. The fraction of sp³-hybridized carbons (Fsp3) is 0.444. The Labute approximate surface area is 131 Å². The summed E-state index contributed by atoms with van der Waals surface area (Å²) in [5, 5.41) is 1.18. The second-order valence-corrected chi connectivity index (χ2v) is 6.95. The molecule has 1 saturated heterocycles. The molecule has 116 valence electrons. The van der Waals surface area contributed by atoms with Crippen LogP contribution in [0.2, 0.25) is 0 Å². The van der Waals surface area contributed by atoms with Crippen molar-refractivity contribution in [2.24, 2.45) is 0 Å². The van der Waals surface area contributed by atoms with Gasteiger partial charge in [0.25, 0.3) is 0 Å². The molecule has 0 radical (unpaired) electrons. The standard InChI is InChI=1S/C18H22N2O2/c1-12-9-15(14-7-5-6-8-16(14)19-12)13-10-20(11-13)17(21)22-18(2,3)4/h5-9,13H,10-11H2,1-4H3. The highest BCUT2D eigenvalue weighted by molar-refractivity contribution is 5.83. The topological polar surface area (TPSA) is 42.4 Å². The number of fused-ring (bicyclic) bond motifs is 1. The summed E-state index contributed by atoms with van der Waals surface area (Å²) in [7, 11) is 0. The van der Waals surface area contributed by atoms with Crippen LogP contribution in [0, 0.1) is 6.92 Å². The number of amides is 1. The van der Waals surface area contributed by atoms with Gasteiger partial charge >= 0.3 is 6.09 Å². The van der Waals surface area contributed by atoms with E-state index >= 15 is 0 Å². The van der Waals surface area contributed by atoms with Crippen LogP contribution in [0.15, 0.2) is 30.3 Å². The number of carbonyl (C=O) groups excluding carboxylic acids is 1. The number of nitrogens with zero attached hydrogens (tertiary/aromatic N) is 2. The van der Waals surface area contributed by atoms with Crippen LogP contribution >= 0.6 is 0 Å². The van der Waals surface area contributed by atoms with Crippen molar-refractivity contribution < 1.29 is 9.53 Å². The van der Waals surface area contributed by atoms with E-state index in [4.69, 9.17) is 4.74 Å². The molecule has 0 spiro atoms. The molecule has 0 unspecified atom stereocenters. The van der Waals surface area contributed by atoms with Crippen molar-refractivity contribution in [3.8, 4) is 0 Å². The van der Waals surface area contributed by atoms with Crippen LogP contribution in [0.4, 0.5) is 4.79 Å². The van der Waals surface area contributed by atoms with Gasteiger partial charge < -0.3 is 9.64 Å². The molecule has 4 heteroatoms. The van der Waals surface area contributed by atoms with Crippen LogP contribution in [0.1, 0.15) is 37.9 Å². The van der Waals surface area contributed by atoms with Gasteiger partial charge in [-0.1, -0.05) is 18.2 Å². The molecule has 3 rings (SSSR count). The summed E-state index contributed by atoms with van der Waals surface area (Å²) in [6, 6.07) is 10.3. The maximum Gasteiger partial charge on any atom is 0.410 e. The van der Waals surface area contributed by atoms with Crippen molar-refractivity contribution in [3.05, 3.63) is 41.6 Å². The third-order valence-corrected chi connectivity index (χ3v) is 3.85. The lowest BCUT2D eigenvalue weighted by Crippen LogP contribution is -2.50. The largest absolute Gasteiger partial charge is 0.444 e. The van der Waals surface area contributed by atoms with E-state index in [1.54, 1.807) is 4.90 Å². The molecule has 1 fully saturated rings. The van der Waals surface area contributed by atoms with Gasteiger partial charge in [-0.2, -0.15) is 0 Å². The van der Waals surface area contributed by atoms with Crippen molar-refractivity contribution >= 4 is 17.0 Å². The molecule has 0 N–H and O–H groups in total. The third-order valence-electron chi connectivity index (χ3n) is 3.85. The first-order valence-electron chi connectivity index (χ1n) is 7.68. The molecule has 0 aliphatic carbocycles. The number of aromatic nitrogens is 1. The maximum atomic E-state index is 12.0. The maximum absolute atomic E-state index is 12.0. The molecule has 1 aliphatic rings. The molecule has 4 nitrogen and oxygen atoms in total. The highest BCUT2D eigenvalue weighted by atomic mass is 16.6. The first-order valence-corrected chi connectivity index (χ1v) is 7.68. The monoisotopic (exact) mass is 298 g/mol. The number of hydrogen-bond acceptors (Lipinski definition) is 3. The van der Waals surface area contributed by atoms with Gasteiger partial charge in [-0.3, -0.25) is 4.98 Å². The van der Waals surface area contributed by atoms with Crippen LogP contribution in [0.25, 0.3) is 10.9 Å². The Hall–Kier alpha value is -2.10. The second-order valence-electron chi connectivity index (χ2n) is 6.95. The zero-order valence-corrected chi connectivity index (χ0v) is 13.6. The van der Waals surface area contributed by atoms with Crippen LogP contribution in [-0.2, 0) is 4.74 Å². The normalized spacial score (nSPS) is 15.7. The lowest BCUT2D eigenvalue weighted by Gasteiger charge is -2.40. The fourth-order valence-electron chi connectivity index (χ4n) is 2.83. The minimum Gasteiger partial charge on any atom is -0.444 e. The molecule has 2 heterocycles. The summed E-state index contributed by atoms with van der Waals surface area (Å²) >= 11 is 0. The zero-order chi connectivity index (χ0) is 15.9. The van der Waals surface area contributed by atoms with E-state index in [1.807, 2.05) is 45.9 Å². The summed E-state index contributed by atoms with van der Waals surface area (Å²) in [5.74, 6) is 0.360. The molecule has 1 amide bonds. The average Bonchev–Trinajstić information content (AvgIpc) is 2.34. The van der Waals surface area contributed by atoms with Gasteiger partial charge in [0.15, 0.2) is 0 Å². The minimum atomic E-state index is -0.442. The molecule has 2 aromatic rings. The van der Waals surface area contributed by atoms with Crippen LogP contribution in [0.5, 0.6) is 0 Å². The Morgan fingerprint density at radius 2 is 1.95 bits per heavy atom. The van der Waals surface area contributed by atoms with E-state index in [0.717, 1.165) is 11.2 Å². The molecule has 0 bridgehead atoms. The number of rotatable bonds is 1.